The molecular formula is C12H16ClN3O. The van der Waals surface area contributed by atoms with E-state index in [4.69, 9.17) is 11.6 Å². The van der Waals surface area contributed by atoms with Crippen LogP contribution in [0.3, 0.4) is 0 Å². The summed E-state index contributed by atoms with van der Waals surface area (Å²) in [5.41, 5.74) is 2.35. The molecule has 1 saturated heterocycles. The lowest BCUT2D eigenvalue weighted by molar-refractivity contribution is 0.266. The molecule has 0 aromatic carbocycles. The van der Waals surface area contributed by atoms with Crippen molar-refractivity contribution in [1.82, 2.24) is 9.97 Å². The van der Waals surface area contributed by atoms with Gasteiger partial charge in [-0.1, -0.05) is 0 Å². The largest absolute Gasteiger partial charge is 0.394 e. The first-order chi connectivity index (χ1) is 8.29. The highest BCUT2D eigenvalue weighted by Gasteiger charge is 2.29. The Morgan fingerprint density at radius 1 is 1.29 bits per heavy atom. The van der Waals surface area contributed by atoms with Crippen LogP contribution in [-0.4, -0.2) is 34.3 Å². The second-order valence-corrected chi connectivity index (χ2v) is 5.11. The van der Waals surface area contributed by atoms with E-state index in [1.54, 1.807) is 0 Å². The molecule has 2 heterocycles. The quantitative estimate of drug-likeness (QED) is 0.813. The van der Waals surface area contributed by atoms with Gasteiger partial charge in [0.15, 0.2) is 0 Å². The summed E-state index contributed by atoms with van der Waals surface area (Å²) in [7, 11) is 0. The number of hydrogen-bond donors (Lipinski definition) is 1. The zero-order valence-electron chi connectivity index (χ0n) is 9.69. The fourth-order valence-electron chi connectivity index (χ4n) is 2.93. The van der Waals surface area contributed by atoms with Crippen LogP contribution in [-0.2, 0) is 12.8 Å². The molecule has 0 amide bonds. The van der Waals surface area contributed by atoms with Crippen molar-refractivity contribution in [2.75, 3.05) is 18.1 Å². The smallest absolute Gasteiger partial charge is 0.224 e. The maximum Gasteiger partial charge on any atom is 0.224 e. The van der Waals surface area contributed by atoms with Crippen LogP contribution in [0, 0.1) is 0 Å². The molecule has 5 heteroatoms. The van der Waals surface area contributed by atoms with Crippen LogP contribution in [0.5, 0.6) is 0 Å². The van der Waals surface area contributed by atoms with Gasteiger partial charge in [0.1, 0.15) is 5.82 Å². The predicted octanol–water partition coefficient (Wildman–Crippen LogP) is 1.58. The molecular weight excluding hydrogens is 238 g/mol. The van der Waals surface area contributed by atoms with Crippen LogP contribution >= 0.6 is 11.6 Å². The van der Waals surface area contributed by atoms with Gasteiger partial charge in [0, 0.05) is 12.1 Å². The van der Waals surface area contributed by atoms with Crippen LogP contribution < -0.4 is 4.90 Å². The van der Waals surface area contributed by atoms with Crippen molar-refractivity contribution < 1.29 is 5.11 Å². The van der Waals surface area contributed by atoms with E-state index in [-0.39, 0.29) is 12.6 Å². The lowest BCUT2D eigenvalue weighted by Gasteiger charge is -2.26. The number of aliphatic hydroxyl groups excluding tert-OH is 1. The third-order valence-corrected chi connectivity index (χ3v) is 3.91. The summed E-state index contributed by atoms with van der Waals surface area (Å²) in [5, 5.41) is 9.73. The minimum atomic E-state index is 0.191. The number of hydrogen-bond acceptors (Lipinski definition) is 4. The Morgan fingerprint density at radius 3 is 3.00 bits per heavy atom. The standard InChI is InChI=1S/C12H16ClN3O/c13-12-14-10-5-1-4-9(10)11(15-12)16-6-2-3-8(16)7-17/h8,17H,1-7H2/t8-/m0/s1. The molecule has 3 rings (SSSR count). The van der Waals surface area contributed by atoms with E-state index < -0.39 is 0 Å². The first-order valence-corrected chi connectivity index (χ1v) is 6.60. The number of nitrogens with zero attached hydrogens (tertiary/aromatic N) is 3. The number of aliphatic hydroxyl groups is 1. The first-order valence-electron chi connectivity index (χ1n) is 6.22. The summed E-state index contributed by atoms with van der Waals surface area (Å²) >= 11 is 5.99. The van der Waals surface area contributed by atoms with E-state index in [1.807, 2.05) is 0 Å². The molecule has 92 valence electrons. The molecule has 4 nitrogen and oxygen atoms in total. The zero-order valence-corrected chi connectivity index (χ0v) is 10.4. The number of aromatic nitrogens is 2. The maximum atomic E-state index is 9.40. The summed E-state index contributed by atoms with van der Waals surface area (Å²) in [6.45, 7) is 1.15. The fourth-order valence-corrected chi connectivity index (χ4v) is 3.11. The van der Waals surface area contributed by atoms with Gasteiger partial charge in [-0.25, -0.2) is 9.97 Å². The number of halogens is 1. The van der Waals surface area contributed by atoms with Crippen LogP contribution in [0.25, 0.3) is 0 Å². The highest BCUT2D eigenvalue weighted by molar-refractivity contribution is 6.28. The van der Waals surface area contributed by atoms with Gasteiger partial charge in [0.05, 0.1) is 18.3 Å². The van der Waals surface area contributed by atoms with Gasteiger partial charge in [-0.15, -0.1) is 0 Å². The van der Waals surface area contributed by atoms with E-state index in [1.165, 1.54) is 5.56 Å². The van der Waals surface area contributed by atoms with Gasteiger partial charge in [-0.05, 0) is 43.7 Å². The second-order valence-electron chi connectivity index (χ2n) is 4.77. The van der Waals surface area contributed by atoms with E-state index in [9.17, 15) is 5.11 Å². The van der Waals surface area contributed by atoms with Crippen LogP contribution in [0.2, 0.25) is 5.28 Å². The second kappa shape index (κ2) is 4.42. The molecule has 17 heavy (non-hydrogen) atoms. The molecule has 1 aromatic heterocycles. The molecule has 1 atom stereocenters. The molecule has 1 aliphatic carbocycles. The summed E-state index contributed by atoms with van der Waals surface area (Å²) in [6, 6.07) is 0.200. The SMILES string of the molecule is OC[C@@H]1CCCN1c1nc(Cl)nc2c1CCC2. The van der Waals surface area contributed by atoms with Crippen molar-refractivity contribution in [3.63, 3.8) is 0 Å². The summed E-state index contributed by atoms with van der Waals surface area (Å²) < 4.78 is 0. The molecule has 0 radical (unpaired) electrons. The number of rotatable bonds is 2. The lowest BCUT2D eigenvalue weighted by Crippen LogP contribution is -2.33. The van der Waals surface area contributed by atoms with Crippen molar-refractivity contribution in [3.8, 4) is 0 Å². The van der Waals surface area contributed by atoms with Gasteiger partial charge in [-0.3, -0.25) is 0 Å². The Hall–Kier alpha value is -0.870. The Kier molecular flexibility index (Phi) is 2.92. The number of aryl methyl sites for hydroxylation is 1. The average molecular weight is 254 g/mol. The first kappa shape index (κ1) is 11.2. The highest BCUT2D eigenvalue weighted by atomic mass is 35.5. The van der Waals surface area contributed by atoms with E-state index >= 15 is 0 Å². The van der Waals surface area contributed by atoms with Gasteiger partial charge in [0.25, 0.3) is 0 Å². The highest BCUT2D eigenvalue weighted by Crippen LogP contribution is 2.33. The molecule has 0 unspecified atom stereocenters. The van der Waals surface area contributed by atoms with Crippen LogP contribution in [0.15, 0.2) is 0 Å². The fraction of sp³-hybridized carbons (Fsp3) is 0.667. The Morgan fingerprint density at radius 2 is 2.18 bits per heavy atom. The molecule has 0 saturated carbocycles. The van der Waals surface area contributed by atoms with Gasteiger partial charge < -0.3 is 10.0 Å². The van der Waals surface area contributed by atoms with Crippen molar-refractivity contribution in [3.05, 3.63) is 16.5 Å². The van der Waals surface area contributed by atoms with Crippen molar-refractivity contribution in [2.45, 2.75) is 38.1 Å². The van der Waals surface area contributed by atoms with E-state index in [0.717, 1.165) is 50.2 Å². The Labute approximate surface area is 106 Å². The molecule has 1 N–H and O–H groups in total. The monoisotopic (exact) mass is 253 g/mol. The van der Waals surface area contributed by atoms with E-state index in [0.29, 0.717) is 5.28 Å². The molecule has 1 fully saturated rings. The average Bonchev–Trinajstić information content (AvgIpc) is 2.95. The minimum Gasteiger partial charge on any atom is -0.394 e. The third-order valence-electron chi connectivity index (χ3n) is 3.74. The van der Waals surface area contributed by atoms with E-state index in [2.05, 4.69) is 14.9 Å². The van der Waals surface area contributed by atoms with Crippen LogP contribution in [0.1, 0.15) is 30.5 Å². The third kappa shape index (κ3) is 1.89. The Bertz CT molecular complexity index is 438. The minimum absolute atomic E-state index is 0.191. The molecule has 2 aliphatic rings. The number of anilines is 1. The van der Waals surface area contributed by atoms with Gasteiger partial charge in [0.2, 0.25) is 5.28 Å². The summed E-state index contributed by atoms with van der Waals surface area (Å²) in [6.07, 6.45) is 5.32. The predicted molar refractivity (Wildman–Crippen MR) is 66.5 cm³/mol. The van der Waals surface area contributed by atoms with Gasteiger partial charge in [-0.2, -0.15) is 0 Å². The summed E-state index contributed by atoms with van der Waals surface area (Å²) in [4.78, 5) is 10.9. The number of fused-ring (bicyclic) bond motifs is 1. The van der Waals surface area contributed by atoms with Crippen molar-refractivity contribution in [2.24, 2.45) is 0 Å². The maximum absolute atomic E-state index is 9.40. The molecule has 1 aliphatic heterocycles. The normalized spacial score (nSPS) is 23.2. The van der Waals surface area contributed by atoms with Crippen molar-refractivity contribution >= 4 is 17.4 Å². The molecule has 0 bridgehead atoms. The van der Waals surface area contributed by atoms with Gasteiger partial charge >= 0.3 is 0 Å². The lowest BCUT2D eigenvalue weighted by atomic mass is 10.2. The Balaban J connectivity index is 2.02. The van der Waals surface area contributed by atoms with Crippen LogP contribution in [0.4, 0.5) is 5.82 Å². The molecule has 1 aromatic rings. The zero-order chi connectivity index (χ0) is 11.8. The summed E-state index contributed by atoms with van der Waals surface area (Å²) in [5.74, 6) is 0.967. The topological polar surface area (TPSA) is 49.2 Å². The molecule has 0 spiro atoms. The van der Waals surface area contributed by atoms with Crippen molar-refractivity contribution in [1.29, 1.82) is 0 Å².